The Morgan fingerprint density at radius 3 is 2.75 bits per heavy atom. The van der Waals surface area contributed by atoms with Crippen LogP contribution < -0.4 is 10.0 Å². The van der Waals surface area contributed by atoms with Crippen LogP contribution in [-0.2, 0) is 26.8 Å². The molecule has 136 valence electrons. The van der Waals surface area contributed by atoms with Crippen LogP contribution >= 0.6 is 0 Å². The molecule has 9 nitrogen and oxygen atoms in total. The van der Waals surface area contributed by atoms with E-state index in [-0.39, 0.29) is 11.9 Å². The lowest BCUT2D eigenvalue weighted by Gasteiger charge is -2.36. The maximum absolute atomic E-state index is 12.5. The number of ether oxygens (including phenoxy) is 1. The fourth-order valence-electron chi connectivity index (χ4n) is 2.90. The topological polar surface area (TPSA) is 106 Å². The molecule has 1 aromatic heterocycles. The number of methoxy groups -OCH3 is 1. The third-order valence-corrected chi connectivity index (χ3v) is 5.70. The first-order chi connectivity index (χ1) is 11.2. The van der Waals surface area contributed by atoms with E-state index < -0.39 is 22.3 Å². The Bertz CT molecular complexity index is 702. The molecule has 0 aromatic carbocycles. The summed E-state index contributed by atoms with van der Waals surface area (Å²) in [5.41, 5.74) is 1.51. The number of hydrogen-bond acceptors (Lipinski definition) is 5. The maximum atomic E-state index is 12.5. The number of likely N-dealkylation sites (N-methyl/N-ethyl adjacent to an activating group) is 1. The summed E-state index contributed by atoms with van der Waals surface area (Å²) < 4.78 is 35.1. The quantitative estimate of drug-likeness (QED) is 0.734. The van der Waals surface area contributed by atoms with E-state index in [0.29, 0.717) is 13.0 Å². The SMILES string of the molecule is COC[C@H](C)NC(=O)[C@H]1C[C@H](c2cn(C)nc2C)NS(=O)(=O)N1C. The van der Waals surface area contributed by atoms with Crippen LogP contribution in [0.15, 0.2) is 6.20 Å². The molecule has 1 aromatic rings. The van der Waals surface area contributed by atoms with Crippen LogP contribution in [0.3, 0.4) is 0 Å². The molecule has 1 amide bonds. The molecule has 10 heteroatoms. The second-order valence-electron chi connectivity index (χ2n) is 6.15. The zero-order chi connectivity index (χ0) is 18.1. The van der Waals surface area contributed by atoms with Gasteiger partial charge in [0.25, 0.3) is 10.2 Å². The van der Waals surface area contributed by atoms with E-state index in [1.807, 2.05) is 6.92 Å². The van der Waals surface area contributed by atoms with Crippen LogP contribution in [0.2, 0.25) is 0 Å². The van der Waals surface area contributed by atoms with Gasteiger partial charge in [0.05, 0.1) is 18.3 Å². The van der Waals surface area contributed by atoms with Gasteiger partial charge in [-0.3, -0.25) is 9.48 Å². The Hall–Kier alpha value is -1.49. The van der Waals surface area contributed by atoms with Crippen molar-refractivity contribution in [2.45, 2.75) is 38.4 Å². The zero-order valence-electron chi connectivity index (χ0n) is 14.6. The molecule has 0 unspecified atom stereocenters. The minimum Gasteiger partial charge on any atom is -0.383 e. The van der Waals surface area contributed by atoms with Gasteiger partial charge in [0.2, 0.25) is 5.91 Å². The van der Waals surface area contributed by atoms with Gasteiger partial charge in [-0.1, -0.05) is 0 Å². The molecule has 0 aliphatic carbocycles. The molecule has 2 N–H and O–H groups in total. The van der Waals surface area contributed by atoms with Gasteiger partial charge in [-0.15, -0.1) is 0 Å². The number of aryl methyl sites for hydroxylation is 2. The van der Waals surface area contributed by atoms with Crippen molar-refractivity contribution in [3.05, 3.63) is 17.5 Å². The van der Waals surface area contributed by atoms with Crippen LogP contribution in [0.4, 0.5) is 0 Å². The molecule has 1 aliphatic rings. The number of nitrogens with one attached hydrogen (secondary N) is 2. The van der Waals surface area contributed by atoms with Crippen molar-refractivity contribution in [3.63, 3.8) is 0 Å². The summed E-state index contributed by atoms with van der Waals surface area (Å²) in [5, 5.41) is 7.04. The highest BCUT2D eigenvalue weighted by Gasteiger charge is 2.41. The van der Waals surface area contributed by atoms with E-state index in [1.165, 1.54) is 7.05 Å². The smallest absolute Gasteiger partial charge is 0.280 e. The third kappa shape index (κ3) is 3.94. The summed E-state index contributed by atoms with van der Waals surface area (Å²) in [4.78, 5) is 12.5. The van der Waals surface area contributed by atoms with Crippen molar-refractivity contribution in [1.82, 2.24) is 24.1 Å². The van der Waals surface area contributed by atoms with Crippen molar-refractivity contribution in [2.75, 3.05) is 20.8 Å². The molecular weight excluding hydrogens is 334 g/mol. The molecule has 3 atom stereocenters. The van der Waals surface area contributed by atoms with Crippen molar-refractivity contribution < 1.29 is 17.9 Å². The molecule has 1 fully saturated rings. The predicted octanol–water partition coefficient (Wildman–Crippen LogP) is -0.541. The van der Waals surface area contributed by atoms with Gasteiger partial charge in [-0.05, 0) is 20.3 Å². The lowest BCUT2D eigenvalue weighted by atomic mass is 10.00. The van der Waals surface area contributed by atoms with Gasteiger partial charge in [-0.2, -0.15) is 22.5 Å². The molecule has 1 aliphatic heterocycles. The summed E-state index contributed by atoms with van der Waals surface area (Å²) in [5.74, 6) is -0.335. The molecule has 2 rings (SSSR count). The summed E-state index contributed by atoms with van der Waals surface area (Å²) in [6, 6.07) is -1.49. The first kappa shape index (κ1) is 18.8. The number of hydrogen-bond donors (Lipinski definition) is 2. The van der Waals surface area contributed by atoms with Crippen LogP contribution in [0.5, 0.6) is 0 Å². The van der Waals surface area contributed by atoms with Crippen molar-refractivity contribution >= 4 is 16.1 Å². The third-order valence-electron chi connectivity index (χ3n) is 4.10. The number of carbonyl (C=O) groups excluding carboxylic acids is 1. The summed E-state index contributed by atoms with van der Waals surface area (Å²) in [6.45, 7) is 3.98. The van der Waals surface area contributed by atoms with Gasteiger partial charge in [0, 0.05) is 39.0 Å². The molecule has 2 heterocycles. The highest BCUT2D eigenvalue weighted by molar-refractivity contribution is 7.87. The monoisotopic (exact) mass is 359 g/mol. The van der Waals surface area contributed by atoms with E-state index in [1.54, 1.807) is 32.0 Å². The van der Waals surface area contributed by atoms with Crippen LogP contribution in [0.25, 0.3) is 0 Å². The number of rotatable bonds is 5. The van der Waals surface area contributed by atoms with E-state index in [4.69, 9.17) is 4.74 Å². The van der Waals surface area contributed by atoms with Crippen molar-refractivity contribution in [2.24, 2.45) is 7.05 Å². The standard InChI is InChI=1S/C14H25N5O4S/c1-9(8-23-5)15-14(20)13-6-12(17-24(21,22)19(13)4)11-7-18(3)16-10(11)2/h7,9,12-13,17H,6,8H2,1-5H3,(H,15,20)/t9-,12+,13+/m0/s1. The van der Waals surface area contributed by atoms with Crippen LogP contribution in [0, 0.1) is 6.92 Å². The van der Waals surface area contributed by atoms with Crippen LogP contribution in [0.1, 0.15) is 30.6 Å². The fraction of sp³-hybridized carbons (Fsp3) is 0.714. The van der Waals surface area contributed by atoms with Gasteiger partial charge in [0.1, 0.15) is 6.04 Å². The van der Waals surface area contributed by atoms with E-state index in [9.17, 15) is 13.2 Å². The molecule has 0 bridgehead atoms. The number of amides is 1. The van der Waals surface area contributed by atoms with Gasteiger partial charge in [-0.25, -0.2) is 0 Å². The maximum Gasteiger partial charge on any atom is 0.280 e. The van der Waals surface area contributed by atoms with Crippen molar-refractivity contribution in [3.8, 4) is 0 Å². The van der Waals surface area contributed by atoms with E-state index in [0.717, 1.165) is 15.6 Å². The molecule has 0 saturated carbocycles. The van der Waals surface area contributed by atoms with Gasteiger partial charge in [0.15, 0.2) is 0 Å². The average molecular weight is 359 g/mol. The summed E-state index contributed by atoms with van der Waals surface area (Å²) >= 11 is 0. The molecule has 0 spiro atoms. The van der Waals surface area contributed by atoms with E-state index >= 15 is 0 Å². The highest BCUT2D eigenvalue weighted by Crippen LogP contribution is 2.29. The molecule has 24 heavy (non-hydrogen) atoms. The molecule has 1 saturated heterocycles. The second kappa shape index (κ2) is 7.18. The molecule has 0 radical (unpaired) electrons. The Balaban J connectivity index is 2.24. The lowest BCUT2D eigenvalue weighted by Crippen LogP contribution is -2.58. The Labute approximate surface area is 142 Å². The number of nitrogens with zero attached hydrogens (tertiary/aromatic N) is 3. The number of carbonyl (C=O) groups is 1. The van der Waals surface area contributed by atoms with Gasteiger partial charge >= 0.3 is 0 Å². The minimum atomic E-state index is -3.75. The second-order valence-corrected chi connectivity index (χ2v) is 7.91. The summed E-state index contributed by atoms with van der Waals surface area (Å²) in [7, 11) is 0.969. The van der Waals surface area contributed by atoms with Crippen molar-refractivity contribution in [1.29, 1.82) is 0 Å². The Kier molecular flexibility index (Phi) is 5.63. The molecular formula is C14H25N5O4S. The first-order valence-electron chi connectivity index (χ1n) is 7.70. The Morgan fingerprint density at radius 1 is 1.54 bits per heavy atom. The normalized spacial score (nSPS) is 25.4. The first-order valence-corrected chi connectivity index (χ1v) is 9.14. The summed E-state index contributed by atoms with van der Waals surface area (Å²) in [6.07, 6.45) is 2.10. The Morgan fingerprint density at radius 2 is 2.21 bits per heavy atom. The minimum absolute atomic E-state index is 0.202. The average Bonchev–Trinajstić information content (AvgIpc) is 2.80. The fourth-order valence-corrected chi connectivity index (χ4v) is 4.17. The number of aromatic nitrogens is 2. The highest BCUT2D eigenvalue weighted by atomic mass is 32.2. The van der Waals surface area contributed by atoms with E-state index in [2.05, 4.69) is 15.1 Å². The predicted molar refractivity (Wildman–Crippen MR) is 88.4 cm³/mol. The van der Waals surface area contributed by atoms with Gasteiger partial charge < -0.3 is 10.1 Å². The van der Waals surface area contributed by atoms with Crippen LogP contribution in [-0.4, -0.2) is 61.3 Å². The largest absolute Gasteiger partial charge is 0.383 e. The lowest BCUT2D eigenvalue weighted by molar-refractivity contribution is -0.126. The zero-order valence-corrected chi connectivity index (χ0v) is 15.4.